The molecule has 1 saturated heterocycles. The maximum atomic E-state index is 12.8. The van der Waals surface area contributed by atoms with Crippen LogP contribution in [-0.2, 0) is 4.79 Å². The van der Waals surface area contributed by atoms with Crippen LogP contribution in [0.3, 0.4) is 0 Å². The standard InChI is InChI=1S/C22H25Cl2N3O3/c1-14(2)22(29)27-10-8-26(9-11-27)19-7-5-4-6-18(19)25-21(28)15-12-16(23)20(30-3)17(24)13-15/h4-7,12-14H,8-11H2,1-3H3,(H,25,28). The predicted octanol–water partition coefficient (Wildman–Crippen LogP) is 4.56. The van der Waals surface area contributed by atoms with Crippen molar-refractivity contribution in [3.05, 3.63) is 52.0 Å². The summed E-state index contributed by atoms with van der Waals surface area (Å²) in [5.41, 5.74) is 1.94. The molecule has 2 aromatic rings. The number of halogens is 2. The number of amides is 2. The second-order valence-corrected chi connectivity index (χ2v) is 8.23. The number of rotatable bonds is 5. The molecule has 1 aliphatic heterocycles. The molecule has 0 aromatic heterocycles. The van der Waals surface area contributed by atoms with Gasteiger partial charge in [0, 0.05) is 37.7 Å². The van der Waals surface area contributed by atoms with Crippen molar-refractivity contribution in [2.45, 2.75) is 13.8 Å². The highest BCUT2D eigenvalue weighted by Crippen LogP contribution is 2.34. The van der Waals surface area contributed by atoms with E-state index in [1.807, 2.05) is 43.0 Å². The topological polar surface area (TPSA) is 61.9 Å². The van der Waals surface area contributed by atoms with E-state index in [2.05, 4.69) is 10.2 Å². The Morgan fingerprint density at radius 2 is 1.63 bits per heavy atom. The fourth-order valence-electron chi connectivity index (χ4n) is 3.47. The molecule has 0 atom stereocenters. The van der Waals surface area contributed by atoms with E-state index < -0.39 is 0 Å². The third-order valence-corrected chi connectivity index (χ3v) is 5.60. The number of nitrogens with one attached hydrogen (secondary N) is 1. The van der Waals surface area contributed by atoms with Gasteiger partial charge in [-0.05, 0) is 24.3 Å². The number of hydrogen-bond acceptors (Lipinski definition) is 4. The number of methoxy groups -OCH3 is 1. The molecule has 160 valence electrons. The molecule has 3 rings (SSSR count). The second kappa shape index (κ2) is 9.58. The van der Waals surface area contributed by atoms with Crippen molar-refractivity contribution in [1.29, 1.82) is 0 Å². The van der Waals surface area contributed by atoms with Crippen molar-refractivity contribution in [3.63, 3.8) is 0 Å². The number of para-hydroxylation sites is 2. The maximum absolute atomic E-state index is 12.8. The minimum atomic E-state index is -0.317. The van der Waals surface area contributed by atoms with E-state index in [-0.39, 0.29) is 27.8 Å². The Labute approximate surface area is 186 Å². The predicted molar refractivity (Wildman–Crippen MR) is 121 cm³/mol. The lowest BCUT2D eigenvalue weighted by Gasteiger charge is -2.37. The summed E-state index contributed by atoms with van der Waals surface area (Å²) in [5, 5.41) is 3.49. The summed E-state index contributed by atoms with van der Waals surface area (Å²) in [6.45, 7) is 6.54. The molecule has 0 radical (unpaired) electrons. The minimum absolute atomic E-state index is 0.00808. The van der Waals surface area contributed by atoms with Gasteiger partial charge in [-0.25, -0.2) is 0 Å². The van der Waals surface area contributed by atoms with Crippen molar-refractivity contribution in [3.8, 4) is 5.75 Å². The lowest BCUT2D eigenvalue weighted by molar-refractivity contribution is -0.134. The molecule has 0 aliphatic carbocycles. The largest absolute Gasteiger partial charge is 0.494 e. The first-order chi connectivity index (χ1) is 14.3. The number of carbonyl (C=O) groups excluding carboxylic acids is 2. The Hall–Kier alpha value is -2.44. The normalized spacial score (nSPS) is 14.1. The lowest BCUT2D eigenvalue weighted by atomic mass is 10.1. The highest BCUT2D eigenvalue weighted by atomic mass is 35.5. The van der Waals surface area contributed by atoms with Crippen LogP contribution in [0.5, 0.6) is 5.75 Å². The van der Waals surface area contributed by atoms with Gasteiger partial charge in [-0.3, -0.25) is 9.59 Å². The average molecular weight is 450 g/mol. The zero-order chi connectivity index (χ0) is 21.8. The van der Waals surface area contributed by atoms with E-state index in [9.17, 15) is 9.59 Å². The average Bonchev–Trinajstić information content (AvgIpc) is 2.73. The van der Waals surface area contributed by atoms with Crippen molar-refractivity contribution in [1.82, 2.24) is 4.90 Å². The minimum Gasteiger partial charge on any atom is -0.494 e. The van der Waals surface area contributed by atoms with Crippen molar-refractivity contribution in [2.24, 2.45) is 5.92 Å². The molecule has 1 fully saturated rings. The Bertz CT molecular complexity index is 918. The van der Waals surface area contributed by atoms with Crippen LogP contribution in [0.1, 0.15) is 24.2 Å². The summed E-state index contributed by atoms with van der Waals surface area (Å²) in [5.74, 6) is 0.183. The van der Waals surface area contributed by atoms with E-state index in [4.69, 9.17) is 27.9 Å². The molecule has 0 bridgehead atoms. The third-order valence-electron chi connectivity index (χ3n) is 5.04. The summed E-state index contributed by atoms with van der Waals surface area (Å²) in [4.78, 5) is 29.1. The van der Waals surface area contributed by atoms with Gasteiger partial charge in [-0.15, -0.1) is 0 Å². The van der Waals surface area contributed by atoms with Gasteiger partial charge in [-0.2, -0.15) is 0 Å². The molecule has 8 heteroatoms. The number of hydrogen-bond donors (Lipinski definition) is 1. The number of anilines is 2. The highest BCUT2D eigenvalue weighted by molar-refractivity contribution is 6.37. The van der Waals surface area contributed by atoms with Gasteiger partial charge in [0.15, 0.2) is 5.75 Å². The van der Waals surface area contributed by atoms with Gasteiger partial charge in [0.2, 0.25) is 5.91 Å². The Morgan fingerprint density at radius 3 is 2.20 bits per heavy atom. The number of benzene rings is 2. The van der Waals surface area contributed by atoms with E-state index in [1.54, 1.807) is 0 Å². The molecule has 2 amide bonds. The van der Waals surface area contributed by atoms with Gasteiger partial charge in [0.05, 0.1) is 28.5 Å². The summed E-state index contributed by atoms with van der Waals surface area (Å²) in [7, 11) is 1.47. The first-order valence-corrected chi connectivity index (χ1v) is 10.5. The van der Waals surface area contributed by atoms with Gasteiger partial charge < -0.3 is 19.9 Å². The molecule has 1 N–H and O–H groups in total. The summed E-state index contributed by atoms with van der Waals surface area (Å²) >= 11 is 12.3. The van der Waals surface area contributed by atoms with Gasteiger partial charge in [0.25, 0.3) is 5.91 Å². The highest BCUT2D eigenvalue weighted by Gasteiger charge is 2.24. The maximum Gasteiger partial charge on any atom is 0.255 e. The van der Waals surface area contributed by atoms with Crippen LogP contribution < -0.4 is 15.0 Å². The molecule has 0 spiro atoms. The summed E-state index contributed by atoms with van der Waals surface area (Å²) < 4.78 is 5.14. The van der Waals surface area contributed by atoms with Gasteiger partial charge in [-0.1, -0.05) is 49.2 Å². The van der Waals surface area contributed by atoms with Crippen molar-refractivity contribution in [2.75, 3.05) is 43.5 Å². The lowest BCUT2D eigenvalue weighted by Crippen LogP contribution is -2.50. The zero-order valence-electron chi connectivity index (χ0n) is 17.2. The Kier molecular flexibility index (Phi) is 7.10. The fourth-order valence-corrected chi connectivity index (χ4v) is 4.11. The van der Waals surface area contributed by atoms with Crippen LogP contribution in [0, 0.1) is 5.92 Å². The van der Waals surface area contributed by atoms with Crippen LogP contribution in [0.25, 0.3) is 0 Å². The van der Waals surface area contributed by atoms with Gasteiger partial charge >= 0.3 is 0 Å². The number of piperazine rings is 1. The van der Waals surface area contributed by atoms with E-state index >= 15 is 0 Å². The van der Waals surface area contributed by atoms with Crippen molar-refractivity contribution < 1.29 is 14.3 Å². The molecule has 0 unspecified atom stereocenters. The van der Waals surface area contributed by atoms with E-state index in [1.165, 1.54) is 19.2 Å². The SMILES string of the molecule is COc1c(Cl)cc(C(=O)Nc2ccccc2N2CCN(C(=O)C(C)C)CC2)cc1Cl. The Balaban J connectivity index is 1.75. The van der Waals surface area contributed by atoms with Crippen LogP contribution in [-0.4, -0.2) is 50.0 Å². The summed E-state index contributed by atoms with van der Waals surface area (Å²) in [6.07, 6.45) is 0. The molecule has 2 aromatic carbocycles. The molecule has 6 nitrogen and oxygen atoms in total. The molecule has 1 heterocycles. The monoisotopic (exact) mass is 449 g/mol. The zero-order valence-corrected chi connectivity index (χ0v) is 18.8. The van der Waals surface area contributed by atoms with E-state index in [0.717, 1.165) is 5.69 Å². The molecular formula is C22H25Cl2N3O3. The molecule has 30 heavy (non-hydrogen) atoms. The van der Waals surface area contributed by atoms with E-state index in [0.29, 0.717) is 43.2 Å². The first kappa shape index (κ1) is 22.2. The third kappa shape index (κ3) is 4.82. The van der Waals surface area contributed by atoms with Crippen molar-refractivity contribution >= 4 is 46.4 Å². The number of carbonyl (C=O) groups is 2. The smallest absolute Gasteiger partial charge is 0.255 e. The molecule has 0 saturated carbocycles. The second-order valence-electron chi connectivity index (χ2n) is 7.41. The van der Waals surface area contributed by atoms with Crippen LogP contribution >= 0.6 is 23.2 Å². The fraction of sp³-hybridized carbons (Fsp3) is 0.364. The first-order valence-electron chi connectivity index (χ1n) is 9.79. The van der Waals surface area contributed by atoms with Crippen LogP contribution in [0.15, 0.2) is 36.4 Å². The molecular weight excluding hydrogens is 425 g/mol. The number of nitrogens with zero attached hydrogens (tertiary/aromatic N) is 2. The van der Waals surface area contributed by atoms with Gasteiger partial charge in [0.1, 0.15) is 0 Å². The number of ether oxygens (including phenoxy) is 1. The Morgan fingerprint density at radius 1 is 1.03 bits per heavy atom. The molecule has 1 aliphatic rings. The summed E-state index contributed by atoms with van der Waals surface area (Å²) in [6, 6.07) is 10.7. The quantitative estimate of drug-likeness (QED) is 0.726. The van der Waals surface area contributed by atoms with Crippen LogP contribution in [0.2, 0.25) is 10.0 Å². The van der Waals surface area contributed by atoms with Crippen LogP contribution in [0.4, 0.5) is 11.4 Å².